The Morgan fingerprint density at radius 1 is 1.47 bits per heavy atom. The molecule has 1 unspecified atom stereocenters. The molecule has 0 spiro atoms. The lowest BCUT2D eigenvalue weighted by atomic mass is 10.2. The van der Waals surface area contributed by atoms with E-state index in [0.29, 0.717) is 5.89 Å². The van der Waals surface area contributed by atoms with Gasteiger partial charge < -0.3 is 10.3 Å². The van der Waals surface area contributed by atoms with Gasteiger partial charge in [0.25, 0.3) is 5.89 Å². The number of rotatable bonds is 5. The van der Waals surface area contributed by atoms with E-state index in [-0.39, 0.29) is 6.04 Å². The third-order valence-corrected chi connectivity index (χ3v) is 3.40. The third-order valence-electron chi connectivity index (χ3n) is 2.35. The molecule has 0 aliphatic heterocycles. The van der Waals surface area contributed by atoms with Crippen LogP contribution in [0.25, 0.3) is 11.6 Å². The number of aromatic nitrogens is 3. The minimum absolute atomic E-state index is 0.0590. The lowest BCUT2D eigenvalue weighted by Crippen LogP contribution is -2.03. The molecule has 0 amide bonds. The smallest absolute Gasteiger partial charge is 0.277 e. The Kier molecular flexibility index (Phi) is 3.86. The van der Waals surface area contributed by atoms with Crippen molar-refractivity contribution in [1.82, 2.24) is 15.1 Å². The molecule has 0 aliphatic rings. The van der Waals surface area contributed by atoms with Crippen molar-refractivity contribution in [2.75, 3.05) is 0 Å². The number of unbranched alkanes of at least 4 members (excludes halogenated alkanes) is 1. The number of nitrogens with two attached hydrogens (primary N) is 1. The van der Waals surface area contributed by atoms with Crippen LogP contribution in [-0.4, -0.2) is 15.1 Å². The highest BCUT2D eigenvalue weighted by atomic mass is 32.1. The van der Waals surface area contributed by atoms with E-state index in [4.69, 9.17) is 10.3 Å². The van der Waals surface area contributed by atoms with Crippen LogP contribution in [0.15, 0.2) is 9.90 Å². The molecule has 0 saturated carbocycles. The van der Waals surface area contributed by atoms with E-state index in [1.54, 1.807) is 0 Å². The van der Waals surface area contributed by atoms with Crippen molar-refractivity contribution in [1.29, 1.82) is 0 Å². The van der Waals surface area contributed by atoms with Gasteiger partial charge in [-0.15, -0.1) is 11.3 Å². The van der Waals surface area contributed by atoms with Gasteiger partial charge in [-0.25, -0.2) is 4.98 Å². The van der Waals surface area contributed by atoms with Gasteiger partial charge in [-0.3, -0.25) is 0 Å². The summed E-state index contributed by atoms with van der Waals surface area (Å²) in [6.45, 7) is 4.04. The summed E-state index contributed by atoms with van der Waals surface area (Å²) in [6, 6.07) is -0.0590. The van der Waals surface area contributed by atoms with Gasteiger partial charge in [0.15, 0.2) is 5.82 Å². The molecule has 17 heavy (non-hydrogen) atoms. The Balaban J connectivity index is 2.13. The predicted octanol–water partition coefficient (Wildman–Crippen LogP) is 2.56. The van der Waals surface area contributed by atoms with Gasteiger partial charge in [0.2, 0.25) is 0 Å². The van der Waals surface area contributed by atoms with Crippen LogP contribution < -0.4 is 5.73 Å². The highest BCUT2D eigenvalue weighted by Crippen LogP contribution is 2.23. The molecule has 2 N–H and O–H groups in total. The van der Waals surface area contributed by atoms with E-state index >= 15 is 0 Å². The second kappa shape index (κ2) is 5.37. The third kappa shape index (κ3) is 2.89. The lowest BCUT2D eigenvalue weighted by molar-refractivity contribution is 0.420. The Labute approximate surface area is 104 Å². The Hall–Kier alpha value is -1.27. The molecule has 6 heteroatoms. The van der Waals surface area contributed by atoms with Crippen molar-refractivity contribution in [3.05, 3.63) is 16.2 Å². The van der Waals surface area contributed by atoms with Crippen molar-refractivity contribution in [3.63, 3.8) is 0 Å². The summed E-state index contributed by atoms with van der Waals surface area (Å²) in [5.74, 6) is 1.23. The highest BCUT2D eigenvalue weighted by molar-refractivity contribution is 7.10. The molecule has 0 radical (unpaired) electrons. The largest absolute Gasteiger partial charge is 0.332 e. The second-order valence-corrected chi connectivity index (χ2v) is 4.87. The molecule has 92 valence electrons. The minimum Gasteiger partial charge on any atom is -0.332 e. The molecule has 0 fully saturated rings. The summed E-state index contributed by atoms with van der Waals surface area (Å²) in [4.78, 5) is 8.69. The molecule has 0 saturated heterocycles. The molecular weight excluding hydrogens is 236 g/mol. The maximum Gasteiger partial charge on any atom is 0.277 e. The van der Waals surface area contributed by atoms with Gasteiger partial charge in [0.05, 0.1) is 6.04 Å². The molecule has 2 rings (SSSR count). The van der Waals surface area contributed by atoms with E-state index < -0.39 is 0 Å². The molecule has 1 atom stereocenters. The number of thiazole rings is 1. The maximum absolute atomic E-state index is 5.76. The van der Waals surface area contributed by atoms with Crippen molar-refractivity contribution < 1.29 is 4.52 Å². The fraction of sp³-hybridized carbons (Fsp3) is 0.545. The number of nitrogens with zero attached hydrogens (tertiary/aromatic N) is 3. The van der Waals surface area contributed by atoms with Crippen molar-refractivity contribution in [2.24, 2.45) is 5.73 Å². The Morgan fingerprint density at radius 3 is 2.94 bits per heavy atom. The molecule has 2 heterocycles. The first kappa shape index (κ1) is 12.2. The van der Waals surface area contributed by atoms with Gasteiger partial charge >= 0.3 is 0 Å². The normalized spacial score (nSPS) is 12.9. The fourth-order valence-electron chi connectivity index (χ4n) is 1.39. The van der Waals surface area contributed by atoms with E-state index in [9.17, 15) is 0 Å². The summed E-state index contributed by atoms with van der Waals surface area (Å²) in [7, 11) is 0. The van der Waals surface area contributed by atoms with E-state index in [1.807, 2.05) is 12.3 Å². The van der Waals surface area contributed by atoms with Crippen molar-refractivity contribution in [2.45, 2.75) is 39.2 Å². The zero-order valence-electron chi connectivity index (χ0n) is 10.0. The predicted molar refractivity (Wildman–Crippen MR) is 66.6 cm³/mol. The van der Waals surface area contributed by atoms with Crippen LogP contribution in [0, 0.1) is 0 Å². The summed E-state index contributed by atoms with van der Waals surface area (Å²) >= 11 is 1.52. The monoisotopic (exact) mass is 252 g/mol. The average molecular weight is 252 g/mol. The second-order valence-electron chi connectivity index (χ2n) is 3.98. The van der Waals surface area contributed by atoms with Crippen LogP contribution in [0.1, 0.15) is 43.6 Å². The summed E-state index contributed by atoms with van der Waals surface area (Å²) in [5, 5.41) is 6.71. The van der Waals surface area contributed by atoms with Crippen LogP contribution in [0.5, 0.6) is 0 Å². The van der Waals surface area contributed by atoms with Crippen LogP contribution in [0.3, 0.4) is 0 Å². The zero-order chi connectivity index (χ0) is 12.3. The Morgan fingerprint density at radius 2 is 2.29 bits per heavy atom. The van der Waals surface area contributed by atoms with Crippen LogP contribution >= 0.6 is 11.3 Å². The molecule has 0 aromatic carbocycles. The summed E-state index contributed by atoms with van der Waals surface area (Å²) in [5.41, 5.74) is 6.48. The van der Waals surface area contributed by atoms with E-state index in [1.165, 1.54) is 11.3 Å². The van der Waals surface area contributed by atoms with Crippen LogP contribution in [-0.2, 0) is 6.42 Å². The summed E-state index contributed by atoms with van der Waals surface area (Å²) in [6.07, 6.45) is 3.04. The average Bonchev–Trinajstić information content (AvgIpc) is 2.94. The van der Waals surface area contributed by atoms with Gasteiger partial charge in [-0.05, 0) is 13.3 Å². The first-order valence-electron chi connectivity index (χ1n) is 5.74. The quantitative estimate of drug-likeness (QED) is 0.884. The molecule has 0 aliphatic carbocycles. The van der Waals surface area contributed by atoms with Crippen LogP contribution in [0.2, 0.25) is 0 Å². The van der Waals surface area contributed by atoms with Gasteiger partial charge in [-0.2, -0.15) is 4.98 Å². The van der Waals surface area contributed by atoms with Crippen LogP contribution in [0.4, 0.5) is 0 Å². The number of hydrogen-bond acceptors (Lipinski definition) is 6. The fourth-order valence-corrected chi connectivity index (χ4v) is 2.14. The first-order valence-corrected chi connectivity index (χ1v) is 6.62. The SMILES string of the molecule is CCCCc1noc(-c2csc(C(C)N)n2)n1. The Bertz CT molecular complexity index is 477. The number of aryl methyl sites for hydroxylation is 1. The lowest BCUT2D eigenvalue weighted by Gasteiger charge is -1.95. The van der Waals surface area contributed by atoms with E-state index in [0.717, 1.165) is 35.8 Å². The number of hydrogen-bond donors (Lipinski definition) is 1. The minimum atomic E-state index is -0.0590. The highest BCUT2D eigenvalue weighted by Gasteiger charge is 2.13. The molecular formula is C11H16N4OS. The molecule has 0 bridgehead atoms. The first-order chi connectivity index (χ1) is 8.20. The van der Waals surface area contributed by atoms with Crippen molar-refractivity contribution >= 4 is 11.3 Å². The zero-order valence-corrected chi connectivity index (χ0v) is 10.8. The van der Waals surface area contributed by atoms with E-state index in [2.05, 4.69) is 22.0 Å². The maximum atomic E-state index is 5.76. The molecule has 2 aromatic heterocycles. The molecule has 2 aromatic rings. The van der Waals surface area contributed by atoms with Gasteiger partial charge in [0.1, 0.15) is 10.7 Å². The molecule has 5 nitrogen and oxygen atoms in total. The van der Waals surface area contributed by atoms with Gasteiger partial charge in [-0.1, -0.05) is 18.5 Å². The summed E-state index contributed by atoms with van der Waals surface area (Å²) < 4.78 is 5.18. The van der Waals surface area contributed by atoms with Gasteiger partial charge in [0, 0.05) is 11.8 Å². The standard InChI is InChI=1S/C11H16N4OS/c1-3-4-5-9-14-10(16-15-9)8-6-17-11(13-8)7(2)12/h6-7H,3-5,12H2,1-2H3. The van der Waals surface area contributed by atoms with Crippen molar-refractivity contribution in [3.8, 4) is 11.6 Å². The topological polar surface area (TPSA) is 77.8 Å².